The third-order valence-electron chi connectivity index (χ3n) is 11.0. The maximum absolute atomic E-state index is 4.97. The molecule has 4 aromatic heterocycles. The molecule has 4 heteroatoms. The van der Waals surface area contributed by atoms with Crippen molar-refractivity contribution in [3.05, 3.63) is 170 Å². The maximum atomic E-state index is 4.97. The van der Waals surface area contributed by atoms with E-state index in [-0.39, 0.29) is 0 Å². The van der Waals surface area contributed by atoms with Gasteiger partial charge in [-0.3, -0.25) is 4.98 Å². The number of fused-ring (bicyclic) bond motifs is 7. The van der Waals surface area contributed by atoms with Gasteiger partial charge in [0, 0.05) is 55.3 Å². The number of nitrogens with zero attached hydrogens (tertiary/aromatic N) is 4. The second-order valence-electron chi connectivity index (χ2n) is 13.6. The molecule has 0 saturated carbocycles. The molecule has 0 unspecified atom stereocenters. The molecule has 0 bridgehead atoms. The fourth-order valence-electron chi connectivity index (χ4n) is 8.92. The normalized spacial score (nSPS) is 12.3. The van der Waals surface area contributed by atoms with Crippen LogP contribution in [0.3, 0.4) is 0 Å². The summed E-state index contributed by atoms with van der Waals surface area (Å²) in [6.45, 7) is 0. The summed E-state index contributed by atoms with van der Waals surface area (Å²) in [7, 11) is 0. The first-order valence-electron chi connectivity index (χ1n) is 17.5. The summed E-state index contributed by atoms with van der Waals surface area (Å²) in [4.78, 5) is 4.97. The Morgan fingerprint density at radius 3 is 1.27 bits per heavy atom. The zero-order chi connectivity index (χ0) is 33.2. The Hall–Kier alpha value is -6.91. The molecule has 12 rings (SSSR count). The number of hydrogen-bond acceptors (Lipinski definition) is 1. The largest absolute Gasteiger partial charge is 0.309 e. The zero-order valence-electron chi connectivity index (χ0n) is 27.5. The summed E-state index contributed by atoms with van der Waals surface area (Å²) in [6, 6.07) is 59.8. The van der Waals surface area contributed by atoms with Crippen LogP contribution in [0.1, 0.15) is 0 Å². The molecule has 0 N–H and O–H groups in total. The standard InChI is InChI=1S/C47H28N4/c1-5-17-38-34(13-1)35-14-2-6-18-39(35)49(38)32-25-30-22-23-31-26-33(50-40-19-7-3-15-36(40)37-16-4-8-20-41(37)50)28-44-46(31)45(30)43(27-32)51(44)42-21-9-11-29-12-10-24-48-47(29)42/h1-28H. The van der Waals surface area contributed by atoms with Crippen molar-refractivity contribution in [3.63, 3.8) is 0 Å². The lowest BCUT2D eigenvalue weighted by Crippen LogP contribution is -1.99. The van der Waals surface area contributed by atoms with E-state index in [2.05, 4.69) is 171 Å². The van der Waals surface area contributed by atoms with Crippen LogP contribution in [-0.4, -0.2) is 18.7 Å². The predicted molar refractivity (Wildman–Crippen MR) is 213 cm³/mol. The van der Waals surface area contributed by atoms with Crippen LogP contribution in [0.2, 0.25) is 0 Å². The Kier molecular flexibility index (Phi) is 5.20. The Bertz CT molecular complexity index is 3080. The van der Waals surface area contributed by atoms with Crippen LogP contribution in [-0.2, 0) is 0 Å². The van der Waals surface area contributed by atoms with Crippen molar-refractivity contribution in [2.75, 3.05) is 0 Å². The average Bonchev–Trinajstić information content (AvgIpc) is 3.83. The molecule has 51 heavy (non-hydrogen) atoms. The Morgan fingerprint density at radius 2 is 0.784 bits per heavy atom. The highest BCUT2D eigenvalue weighted by Crippen LogP contribution is 2.44. The highest BCUT2D eigenvalue weighted by Gasteiger charge is 2.23. The average molecular weight is 649 g/mol. The molecule has 0 saturated heterocycles. The molecule has 0 spiro atoms. The Balaban J connectivity index is 1.26. The van der Waals surface area contributed by atoms with Crippen LogP contribution in [0.4, 0.5) is 0 Å². The van der Waals surface area contributed by atoms with Gasteiger partial charge in [0.05, 0.1) is 44.3 Å². The molecule has 0 aliphatic heterocycles. The van der Waals surface area contributed by atoms with E-state index in [1.54, 1.807) is 0 Å². The smallest absolute Gasteiger partial charge is 0.0942 e. The second-order valence-corrected chi connectivity index (χ2v) is 13.6. The number of benzene rings is 8. The summed E-state index contributed by atoms with van der Waals surface area (Å²) in [5.41, 5.74) is 11.5. The van der Waals surface area contributed by atoms with Crippen molar-refractivity contribution >= 4 is 87.1 Å². The number of hydrogen-bond donors (Lipinski definition) is 0. The van der Waals surface area contributed by atoms with E-state index in [4.69, 9.17) is 4.98 Å². The number of rotatable bonds is 3. The highest BCUT2D eigenvalue weighted by atomic mass is 15.0. The molecule has 8 aromatic carbocycles. The minimum Gasteiger partial charge on any atom is -0.309 e. The van der Waals surface area contributed by atoms with E-state index < -0.39 is 0 Å². The lowest BCUT2D eigenvalue weighted by molar-refractivity contribution is 1.15. The van der Waals surface area contributed by atoms with E-state index in [1.807, 2.05) is 12.3 Å². The second kappa shape index (κ2) is 9.84. The Labute approximate surface area is 292 Å². The van der Waals surface area contributed by atoms with Gasteiger partial charge in [0.15, 0.2) is 0 Å². The molecular formula is C47H28N4. The molecule has 4 nitrogen and oxygen atoms in total. The van der Waals surface area contributed by atoms with E-state index >= 15 is 0 Å². The van der Waals surface area contributed by atoms with Gasteiger partial charge in [-0.15, -0.1) is 0 Å². The van der Waals surface area contributed by atoms with Crippen molar-refractivity contribution in [1.82, 2.24) is 18.7 Å². The summed E-state index contributed by atoms with van der Waals surface area (Å²) in [6.07, 6.45) is 1.91. The van der Waals surface area contributed by atoms with Crippen molar-refractivity contribution in [2.24, 2.45) is 0 Å². The monoisotopic (exact) mass is 648 g/mol. The molecule has 0 radical (unpaired) electrons. The lowest BCUT2D eigenvalue weighted by Gasteiger charge is -2.14. The molecule has 236 valence electrons. The highest BCUT2D eigenvalue weighted by molar-refractivity contribution is 6.26. The van der Waals surface area contributed by atoms with Crippen LogP contribution in [0.5, 0.6) is 0 Å². The first kappa shape index (κ1) is 27.0. The molecule has 0 amide bonds. The summed E-state index contributed by atoms with van der Waals surface area (Å²) in [5.74, 6) is 0. The van der Waals surface area contributed by atoms with Gasteiger partial charge in [0.1, 0.15) is 0 Å². The van der Waals surface area contributed by atoms with Crippen LogP contribution >= 0.6 is 0 Å². The molecule has 0 fully saturated rings. The number of aromatic nitrogens is 4. The van der Waals surface area contributed by atoms with E-state index in [0.717, 1.165) is 28.0 Å². The summed E-state index contributed by atoms with van der Waals surface area (Å²) in [5, 5.41) is 11.1. The van der Waals surface area contributed by atoms with E-state index in [0.29, 0.717) is 0 Å². The predicted octanol–water partition coefficient (Wildman–Crippen LogP) is 12.1. The number of para-hydroxylation sites is 5. The minimum absolute atomic E-state index is 0.985. The first-order chi connectivity index (χ1) is 25.3. The van der Waals surface area contributed by atoms with Crippen LogP contribution in [0.15, 0.2) is 170 Å². The molecule has 0 aliphatic carbocycles. The van der Waals surface area contributed by atoms with Crippen molar-refractivity contribution in [1.29, 1.82) is 0 Å². The quantitative estimate of drug-likeness (QED) is 0.175. The fraction of sp³-hybridized carbons (Fsp3) is 0. The molecule has 12 aromatic rings. The van der Waals surface area contributed by atoms with Gasteiger partial charge in [0.25, 0.3) is 0 Å². The minimum atomic E-state index is 0.985. The molecule has 4 heterocycles. The zero-order valence-corrected chi connectivity index (χ0v) is 27.5. The third-order valence-corrected chi connectivity index (χ3v) is 11.0. The molecule has 0 atom stereocenters. The van der Waals surface area contributed by atoms with Gasteiger partial charge in [0.2, 0.25) is 0 Å². The summed E-state index contributed by atoms with van der Waals surface area (Å²) < 4.78 is 7.32. The third kappa shape index (κ3) is 3.55. The van der Waals surface area contributed by atoms with Gasteiger partial charge in [-0.2, -0.15) is 0 Å². The van der Waals surface area contributed by atoms with Gasteiger partial charge >= 0.3 is 0 Å². The van der Waals surface area contributed by atoms with Crippen molar-refractivity contribution in [2.45, 2.75) is 0 Å². The van der Waals surface area contributed by atoms with E-state index in [1.165, 1.54) is 76.2 Å². The molecule has 0 aliphatic rings. The van der Waals surface area contributed by atoms with Crippen LogP contribution < -0.4 is 0 Å². The first-order valence-corrected chi connectivity index (χ1v) is 17.5. The molecular weight excluding hydrogens is 621 g/mol. The van der Waals surface area contributed by atoms with Crippen molar-refractivity contribution in [3.8, 4) is 17.1 Å². The fourth-order valence-corrected chi connectivity index (χ4v) is 8.92. The maximum Gasteiger partial charge on any atom is 0.0942 e. The Morgan fingerprint density at radius 1 is 0.333 bits per heavy atom. The van der Waals surface area contributed by atoms with Gasteiger partial charge in [-0.1, -0.05) is 103 Å². The van der Waals surface area contributed by atoms with Crippen LogP contribution in [0.25, 0.3) is 104 Å². The SMILES string of the molecule is c1cnc2c(-n3c4cc(-n5c6ccccc6c6ccccc65)cc5ccc6cc(-n7c8ccccc8c8ccccc87)cc3c6c54)cccc2c1. The van der Waals surface area contributed by atoms with Gasteiger partial charge in [-0.25, -0.2) is 0 Å². The lowest BCUT2D eigenvalue weighted by atomic mass is 10.0. The van der Waals surface area contributed by atoms with Gasteiger partial charge < -0.3 is 13.7 Å². The van der Waals surface area contributed by atoms with Crippen LogP contribution in [0, 0.1) is 0 Å². The summed E-state index contributed by atoms with van der Waals surface area (Å²) >= 11 is 0. The van der Waals surface area contributed by atoms with Gasteiger partial charge in [-0.05, 0) is 71.4 Å². The number of pyridine rings is 1. The topological polar surface area (TPSA) is 27.7 Å². The van der Waals surface area contributed by atoms with Crippen molar-refractivity contribution < 1.29 is 0 Å². The van der Waals surface area contributed by atoms with E-state index in [9.17, 15) is 0 Å².